The maximum Gasteiger partial charge on any atom is 0.119 e. The van der Waals surface area contributed by atoms with E-state index < -0.39 is 0 Å². The highest BCUT2D eigenvalue weighted by atomic mass is 16.4. The number of aryl methyl sites for hydroxylation is 2. The highest BCUT2D eigenvalue weighted by molar-refractivity contribution is 5.84. The minimum atomic E-state index is -0.0430. The van der Waals surface area contributed by atoms with Gasteiger partial charge in [-0.3, -0.25) is 0 Å². The largest absolute Gasteiger partial charge is 0.465 e. The average Bonchev–Trinajstić information content (AvgIpc) is 3.22. The van der Waals surface area contributed by atoms with Crippen molar-refractivity contribution in [1.29, 1.82) is 0 Å². The number of hydrogen-bond donors (Lipinski definition) is 1. The molecule has 0 saturated carbocycles. The lowest BCUT2D eigenvalue weighted by Gasteiger charge is -2.12. The zero-order valence-electron chi connectivity index (χ0n) is 12.6. The van der Waals surface area contributed by atoms with E-state index in [1.807, 2.05) is 50.4 Å². The van der Waals surface area contributed by atoms with E-state index in [2.05, 4.69) is 23.2 Å². The molecule has 0 aliphatic carbocycles. The number of furan rings is 2. The first-order valence-corrected chi connectivity index (χ1v) is 7.41. The third-order valence-electron chi connectivity index (χ3n) is 4.02. The molecular formula is C19H17NO2. The topological polar surface area (TPSA) is 42.1 Å². The number of H-pyrrole nitrogens is 1. The Morgan fingerprint density at radius 2 is 1.45 bits per heavy atom. The Bertz CT molecular complexity index is 885. The molecule has 4 rings (SSSR count). The standard InChI is InChI=1S/C19H17NO2/c1-12-7-9-17(21-12)19(18-10-8-13(2)22-18)15-11-20-16-6-4-3-5-14(15)16/h3-11,19-20H,1-2H3. The number of aromatic nitrogens is 1. The van der Waals surface area contributed by atoms with E-state index in [4.69, 9.17) is 8.83 Å². The smallest absolute Gasteiger partial charge is 0.119 e. The van der Waals surface area contributed by atoms with Crippen LogP contribution in [0, 0.1) is 13.8 Å². The monoisotopic (exact) mass is 291 g/mol. The predicted molar refractivity (Wildman–Crippen MR) is 86.1 cm³/mol. The average molecular weight is 291 g/mol. The molecule has 0 aliphatic heterocycles. The van der Waals surface area contributed by atoms with Crippen molar-refractivity contribution in [2.24, 2.45) is 0 Å². The molecule has 0 radical (unpaired) electrons. The summed E-state index contributed by atoms with van der Waals surface area (Å²) in [6.07, 6.45) is 2.05. The Hall–Kier alpha value is -2.68. The summed E-state index contributed by atoms with van der Waals surface area (Å²) in [5, 5.41) is 1.19. The first-order chi connectivity index (χ1) is 10.7. The molecule has 3 nitrogen and oxygen atoms in total. The van der Waals surface area contributed by atoms with E-state index in [-0.39, 0.29) is 5.92 Å². The summed E-state index contributed by atoms with van der Waals surface area (Å²) in [5.41, 5.74) is 2.29. The quantitative estimate of drug-likeness (QED) is 0.567. The fourth-order valence-electron chi connectivity index (χ4n) is 3.00. The molecule has 0 saturated heterocycles. The molecule has 22 heavy (non-hydrogen) atoms. The van der Waals surface area contributed by atoms with Crippen LogP contribution < -0.4 is 0 Å². The zero-order valence-corrected chi connectivity index (χ0v) is 12.6. The number of nitrogens with one attached hydrogen (secondary N) is 1. The highest BCUT2D eigenvalue weighted by Gasteiger charge is 2.25. The van der Waals surface area contributed by atoms with Gasteiger partial charge in [0.25, 0.3) is 0 Å². The molecule has 4 aromatic rings. The van der Waals surface area contributed by atoms with Crippen LogP contribution in [-0.2, 0) is 0 Å². The highest BCUT2D eigenvalue weighted by Crippen LogP contribution is 2.37. The van der Waals surface area contributed by atoms with Crippen LogP contribution in [0.4, 0.5) is 0 Å². The number of para-hydroxylation sites is 1. The maximum atomic E-state index is 5.91. The van der Waals surface area contributed by atoms with E-state index in [0.717, 1.165) is 28.6 Å². The molecule has 0 unspecified atom stereocenters. The van der Waals surface area contributed by atoms with Gasteiger partial charge in [0, 0.05) is 17.1 Å². The molecule has 1 aromatic carbocycles. The van der Waals surface area contributed by atoms with Crippen molar-refractivity contribution in [3.8, 4) is 0 Å². The van der Waals surface area contributed by atoms with Crippen LogP contribution >= 0.6 is 0 Å². The maximum absolute atomic E-state index is 5.91. The van der Waals surface area contributed by atoms with Crippen molar-refractivity contribution >= 4 is 10.9 Å². The summed E-state index contributed by atoms with van der Waals surface area (Å²) in [4.78, 5) is 3.34. The zero-order chi connectivity index (χ0) is 15.1. The van der Waals surface area contributed by atoms with Gasteiger partial charge in [0.1, 0.15) is 29.0 Å². The first kappa shape index (κ1) is 13.0. The lowest BCUT2D eigenvalue weighted by molar-refractivity contribution is 0.429. The fourth-order valence-corrected chi connectivity index (χ4v) is 3.00. The van der Waals surface area contributed by atoms with Gasteiger partial charge < -0.3 is 13.8 Å². The predicted octanol–water partition coefficient (Wildman–Crippen LogP) is 5.15. The molecule has 0 aliphatic rings. The summed E-state index contributed by atoms with van der Waals surface area (Å²) in [5.74, 6) is 3.57. The van der Waals surface area contributed by atoms with Crippen LogP contribution in [0.1, 0.15) is 34.5 Å². The summed E-state index contributed by atoms with van der Waals surface area (Å²) in [6, 6.07) is 16.3. The SMILES string of the molecule is Cc1ccc(C(c2ccc(C)o2)c2c[nH]c3ccccc23)o1. The van der Waals surface area contributed by atoms with Crippen LogP contribution in [0.2, 0.25) is 0 Å². The van der Waals surface area contributed by atoms with Crippen LogP contribution in [0.3, 0.4) is 0 Å². The van der Waals surface area contributed by atoms with Crippen LogP contribution in [0.5, 0.6) is 0 Å². The third kappa shape index (κ3) is 2.06. The first-order valence-electron chi connectivity index (χ1n) is 7.41. The Labute approximate surface area is 128 Å². The van der Waals surface area contributed by atoms with Gasteiger partial charge in [-0.15, -0.1) is 0 Å². The van der Waals surface area contributed by atoms with Crippen molar-refractivity contribution in [1.82, 2.24) is 4.98 Å². The van der Waals surface area contributed by atoms with Gasteiger partial charge in [0.05, 0.1) is 0 Å². The Kier molecular flexibility index (Phi) is 2.93. The fraction of sp³-hybridized carbons (Fsp3) is 0.158. The molecule has 0 fully saturated rings. The van der Waals surface area contributed by atoms with Gasteiger partial charge in [-0.1, -0.05) is 18.2 Å². The minimum absolute atomic E-state index is 0.0430. The van der Waals surface area contributed by atoms with Crippen LogP contribution in [0.15, 0.2) is 63.6 Å². The molecule has 3 heteroatoms. The van der Waals surface area contributed by atoms with Crippen molar-refractivity contribution < 1.29 is 8.83 Å². The molecule has 1 N–H and O–H groups in total. The number of fused-ring (bicyclic) bond motifs is 1. The Balaban J connectivity index is 1.94. The van der Waals surface area contributed by atoms with Crippen molar-refractivity contribution in [2.75, 3.05) is 0 Å². The summed E-state index contributed by atoms with van der Waals surface area (Å²) in [7, 11) is 0. The lowest BCUT2D eigenvalue weighted by Crippen LogP contribution is -2.00. The summed E-state index contributed by atoms with van der Waals surface area (Å²) < 4.78 is 11.8. The molecule has 3 heterocycles. The van der Waals surface area contributed by atoms with Gasteiger partial charge in [-0.05, 0) is 49.7 Å². The number of aromatic amines is 1. The van der Waals surface area contributed by atoms with Gasteiger partial charge in [0.2, 0.25) is 0 Å². The lowest BCUT2D eigenvalue weighted by atomic mass is 9.93. The summed E-state index contributed by atoms with van der Waals surface area (Å²) in [6.45, 7) is 3.92. The molecular weight excluding hydrogens is 274 g/mol. The second kappa shape index (κ2) is 4.95. The van der Waals surface area contributed by atoms with E-state index in [1.165, 1.54) is 10.9 Å². The van der Waals surface area contributed by atoms with Crippen LogP contribution in [-0.4, -0.2) is 4.98 Å². The number of benzene rings is 1. The van der Waals surface area contributed by atoms with Gasteiger partial charge in [0.15, 0.2) is 0 Å². The molecule has 3 aromatic heterocycles. The van der Waals surface area contributed by atoms with Crippen molar-refractivity contribution in [3.05, 3.63) is 83.3 Å². The summed E-state index contributed by atoms with van der Waals surface area (Å²) >= 11 is 0. The van der Waals surface area contributed by atoms with E-state index in [9.17, 15) is 0 Å². The molecule has 0 atom stereocenters. The van der Waals surface area contributed by atoms with Gasteiger partial charge >= 0.3 is 0 Å². The van der Waals surface area contributed by atoms with Gasteiger partial charge in [-0.2, -0.15) is 0 Å². The molecule has 0 spiro atoms. The number of rotatable bonds is 3. The van der Waals surface area contributed by atoms with Crippen molar-refractivity contribution in [2.45, 2.75) is 19.8 Å². The Morgan fingerprint density at radius 3 is 2.05 bits per heavy atom. The third-order valence-corrected chi connectivity index (χ3v) is 4.02. The van der Waals surface area contributed by atoms with E-state index in [1.54, 1.807) is 0 Å². The molecule has 110 valence electrons. The molecule has 0 bridgehead atoms. The Morgan fingerprint density at radius 1 is 0.818 bits per heavy atom. The van der Waals surface area contributed by atoms with E-state index in [0.29, 0.717) is 0 Å². The van der Waals surface area contributed by atoms with E-state index >= 15 is 0 Å². The minimum Gasteiger partial charge on any atom is -0.465 e. The van der Waals surface area contributed by atoms with Gasteiger partial charge in [-0.25, -0.2) is 0 Å². The molecule has 0 amide bonds. The number of hydrogen-bond acceptors (Lipinski definition) is 2. The second-order valence-corrected chi connectivity index (χ2v) is 5.62. The second-order valence-electron chi connectivity index (χ2n) is 5.62. The van der Waals surface area contributed by atoms with Crippen LogP contribution in [0.25, 0.3) is 10.9 Å². The normalized spacial score (nSPS) is 11.6. The van der Waals surface area contributed by atoms with Crippen molar-refractivity contribution in [3.63, 3.8) is 0 Å².